The van der Waals surface area contributed by atoms with Crippen LogP contribution in [0.1, 0.15) is 51.3 Å². The molecule has 0 aliphatic carbocycles. The number of amides is 1. The Hall–Kier alpha value is -3.61. The number of carbonyl (C=O) groups is 2. The maximum atomic E-state index is 13.2. The molecule has 2 N–H and O–H groups in total. The minimum Gasteiger partial charge on any atom is -0.503 e. The fraction of sp³-hybridized carbons (Fsp3) is 0.346. The Morgan fingerprint density at radius 3 is 2.48 bits per heavy atom. The molecule has 1 aromatic heterocycles. The normalized spacial score (nSPS) is 16.5. The number of carbonyl (C=O) groups excluding carboxylic acids is 2. The van der Waals surface area contributed by atoms with Gasteiger partial charge in [0.05, 0.1) is 28.8 Å². The van der Waals surface area contributed by atoms with Crippen LogP contribution in [-0.2, 0) is 9.59 Å². The van der Waals surface area contributed by atoms with Gasteiger partial charge >= 0.3 is 0 Å². The van der Waals surface area contributed by atoms with Gasteiger partial charge in [-0.1, -0.05) is 32.0 Å². The number of ether oxygens (including phenoxy) is 1. The highest BCUT2D eigenvalue weighted by molar-refractivity contribution is 6.16. The lowest BCUT2D eigenvalue weighted by Crippen LogP contribution is -2.32. The van der Waals surface area contributed by atoms with E-state index in [1.165, 1.54) is 4.90 Å². The molecule has 172 valence electrons. The molecule has 7 heteroatoms. The van der Waals surface area contributed by atoms with E-state index in [0.29, 0.717) is 16.8 Å². The lowest BCUT2D eigenvalue weighted by Gasteiger charge is -2.25. The van der Waals surface area contributed by atoms with Gasteiger partial charge in [-0.2, -0.15) is 0 Å². The average molecular weight is 448 g/mol. The van der Waals surface area contributed by atoms with Gasteiger partial charge in [0.15, 0.2) is 11.5 Å². The van der Waals surface area contributed by atoms with Crippen molar-refractivity contribution in [3.05, 3.63) is 64.9 Å². The van der Waals surface area contributed by atoms with Crippen molar-refractivity contribution in [2.75, 3.05) is 4.90 Å². The standard InChI is InChI=1S/C26H29N3O4/c1-14(2)12-21(30)22-23(17-7-9-18(10-8-17)33-15(3)4)29(25(32)24(22)31)26-27-19-11-6-16(5)13-20(19)28-26/h6-11,13-15,23,31H,12H2,1-5H3,(H,27,28). The molecular formula is C26H29N3O4. The van der Waals surface area contributed by atoms with Crippen LogP contribution in [0.4, 0.5) is 5.95 Å². The SMILES string of the molecule is Cc1ccc2nc(N3C(=O)C(O)=C(C(=O)CC(C)C)C3c3ccc(OC(C)C)cc3)[nH]c2c1. The van der Waals surface area contributed by atoms with Crippen LogP contribution in [0.25, 0.3) is 11.0 Å². The van der Waals surface area contributed by atoms with Crippen LogP contribution in [-0.4, -0.2) is 32.9 Å². The Labute approximate surface area is 193 Å². The van der Waals surface area contributed by atoms with Crippen LogP contribution in [0.2, 0.25) is 0 Å². The summed E-state index contributed by atoms with van der Waals surface area (Å²) < 4.78 is 5.74. The number of benzene rings is 2. The second-order valence-corrected chi connectivity index (χ2v) is 9.18. The number of aromatic amines is 1. The molecule has 2 aromatic carbocycles. The van der Waals surface area contributed by atoms with Crippen molar-refractivity contribution in [1.29, 1.82) is 0 Å². The lowest BCUT2D eigenvalue weighted by molar-refractivity contribution is -0.118. The monoisotopic (exact) mass is 447 g/mol. The first kappa shape index (κ1) is 22.6. The molecule has 0 saturated carbocycles. The van der Waals surface area contributed by atoms with Gasteiger partial charge in [0.2, 0.25) is 5.95 Å². The minimum atomic E-state index is -0.793. The molecule has 0 fully saturated rings. The van der Waals surface area contributed by atoms with Gasteiger partial charge in [-0.25, -0.2) is 4.98 Å². The summed E-state index contributed by atoms with van der Waals surface area (Å²) in [7, 11) is 0. The van der Waals surface area contributed by atoms with E-state index < -0.39 is 17.7 Å². The molecule has 0 spiro atoms. The van der Waals surface area contributed by atoms with Crippen molar-refractivity contribution in [3.8, 4) is 5.75 Å². The number of nitrogens with zero attached hydrogens (tertiary/aromatic N) is 2. The van der Waals surface area contributed by atoms with E-state index in [0.717, 1.165) is 11.1 Å². The number of aliphatic hydroxyl groups excluding tert-OH is 1. The largest absolute Gasteiger partial charge is 0.503 e. The topological polar surface area (TPSA) is 95.5 Å². The molecule has 2 heterocycles. The number of ketones is 1. The third-order valence-corrected chi connectivity index (χ3v) is 5.52. The predicted octanol–water partition coefficient (Wildman–Crippen LogP) is 5.17. The zero-order valence-electron chi connectivity index (χ0n) is 19.5. The molecule has 1 aliphatic heterocycles. The Morgan fingerprint density at radius 1 is 1.15 bits per heavy atom. The predicted molar refractivity (Wildman–Crippen MR) is 127 cm³/mol. The fourth-order valence-corrected chi connectivity index (χ4v) is 4.13. The van der Waals surface area contributed by atoms with Gasteiger partial charge < -0.3 is 14.8 Å². The van der Waals surface area contributed by atoms with E-state index in [9.17, 15) is 14.7 Å². The van der Waals surface area contributed by atoms with Crippen LogP contribution >= 0.6 is 0 Å². The summed E-state index contributed by atoms with van der Waals surface area (Å²) in [6.45, 7) is 9.72. The molecule has 1 aliphatic rings. The molecule has 33 heavy (non-hydrogen) atoms. The zero-order chi connectivity index (χ0) is 23.9. The molecule has 1 amide bonds. The highest BCUT2D eigenvalue weighted by Crippen LogP contribution is 2.41. The second-order valence-electron chi connectivity index (χ2n) is 9.18. The number of aromatic nitrogens is 2. The van der Waals surface area contributed by atoms with Crippen molar-refractivity contribution in [3.63, 3.8) is 0 Å². The summed E-state index contributed by atoms with van der Waals surface area (Å²) in [5, 5.41) is 10.8. The summed E-state index contributed by atoms with van der Waals surface area (Å²) >= 11 is 0. The smallest absolute Gasteiger partial charge is 0.296 e. The first-order valence-electron chi connectivity index (χ1n) is 11.2. The third kappa shape index (κ3) is 4.35. The zero-order valence-corrected chi connectivity index (χ0v) is 19.5. The highest BCUT2D eigenvalue weighted by atomic mass is 16.5. The van der Waals surface area contributed by atoms with E-state index in [4.69, 9.17) is 4.74 Å². The van der Waals surface area contributed by atoms with E-state index in [1.54, 1.807) is 12.1 Å². The number of aliphatic hydroxyl groups is 1. The second kappa shape index (κ2) is 8.73. The van der Waals surface area contributed by atoms with Crippen LogP contribution in [0.5, 0.6) is 5.75 Å². The molecule has 1 unspecified atom stereocenters. The number of hydrogen-bond acceptors (Lipinski definition) is 5. The van der Waals surface area contributed by atoms with Crippen molar-refractivity contribution < 1.29 is 19.4 Å². The highest BCUT2D eigenvalue weighted by Gasteiger charge is 2.45. The third-order valence-electron chi connectivity index (χ3n) is 5.52. The number of nitrogens with one attached hydrogen (secondary N) is 1. The molecule has 0 radical (unpaired) electrons. The number of Topliss-reactive ketones (excluding diaryl/α,β-unsaturated/α-hetero) is 1. The van der Waals surface area contributed by atoms with E-state index in [-0.39, 0.29) is 35.7 Å². The number of imidazole rings is 1. The van der Waals surface area contributed by atoms with E-state index in [2.05, 4.69) is 9.97 Å². The summed E-state index contributed by atoms with van der Waals surface area (Å²) in [5.41, 5.74) is 3.31. The molecule has 1 atom stereocenters. The van der Waals surface area contributed by atoms with Gasteiger partial charge in [0, 0.05) is 6.42 Å². The summed E-state index contributed by atoms with van der Waals surface area (Å²) in [4.78, 5) is 35.5. The molecule has 4 rings (SSSR count). The van der Waals surface area contributed by atoms with Crippen LogP contribution < -0.4 is 9.64 Å². The summed E-state index contributed by atoms with van der Waals surface area (Å²) in [6, 6.07) is 12.2. The number of hydrogen-bond donors (Lipinski definition) is 2. The Kier molecular flexibility index (Phi) is 5.97. The molecule has 0 bridgehead atoms. The lowest BCUT2D eigenvalue weighted by atomic mass is 9.92. The van der Waals surface area contributed by atoms with Crippen molar-refractivity contribution in [2.45, 2.75) is 53.2 Å². The van der Waals surface area contributed by atoms with Gasteiger partial charge in [-0.3, -0.25) is 14.5 Å². The van der Waals surface area contributed by atoms with Crippen LogP contribution in [0.15, 0.2) is 53.8 Å². The maximum absolute atomic E-state index is 13.2. The van der Waals surface area contributed by atoms with Gasteiger partial charge in [0.1, 0.15) is 5.75 Å². The summed E-state index contributed by atoms with van der Waals surface area (Å²) in [5.74, 6) is -0.370. The van der Waals surface area contributed by atoms with Crippen LogP contribution in [0.3, 0.4) is 0 Å². The van der Waals surface area contributed by atoms with E-state index >= 15 is 0 Å². The van der Waals surface area contributed by atoms with Gasteiger partial charge in [-0.05, 0) is 62.1 Å². The number of rotatable bonds is 7. The number of aryl methyl sites for hydroxylation is 1. The summed E-state index contributed by atoms with van der Waals surface area (Å²) in [6.07, 6.45) is 0.247. The fourth-order valence-electron chi connectivity index (χ4n) is 4.13. The van der Waals surface area contributed by atoms with Gasteiger partial charge in [0.25, 0.3) is 5.91 Å². The van der Waals surface area contributed by atoms with Crippen molar-refractivity contribution in [1.82, 2.24) is 9.97 Å². The van der Waals surface area contributed by atoms with Crippen LogP contribution in [0, 0.1) is 12.8 Å². The maximum Gasteiger partial charge on any atom is 0.296 e. The quantitative estimate of drug-likeness (QED) is 0.521. The molecule has 0 saturated heterocycles. The van der Waals surface area contributed by atoms with E-state index in [1.807, 2.05) is 65.0 Å². The first-order chi connectivity index (χ1) is 15.7. The number of fused-ring (bicyclic) bond motifs is 1. The van der Waals surface area contributed by atoms with Gasteiger partial charge in [-0.15, -0.1) is 0 Å². The number of H-pyrrole nitrogens is 1. The van der Waals surface area contributed by atoms with Crippen molar-refractivity contribution in [2.24, 2.45) is 5.92 Å². The Balaban J connectivity index is 1.82. The minimum absolute atomic E-state index is 0.0199. The average Bonchev–Trinajstić information content (AvgIpc) is 3.26. The van der Waals surface area contributed by atoms with Crippen molar-refractivity contribution >= 4 is 28.7 Å². The molecular weight excluding hydrogens is 418 g/mol. The Morgan fingerprint density at radius 2 is 1.85 bits per heavy atom. The first-order valence-corrected chi connectivity index (χ1v) is 11.2. The Bertz CT molecular complexity index is 1240. The molecule has 7 nitrogen and oxygen atoms in total. The number of anilines is 1. The molecule has 3 aromatic rings.